The van der Waals surface area contributed by atoms with Gasteiger partial charge < -0.3 is 14.6 Å². The van der Waals surface area contributed by atoms with Gasteiger partial charge in [-0.25, -0.2) is 9.97 Å². The molecule has 146 valence electrons. The molecule has 28 heavy (non-hydrogen) atoms. The van der Waals surface area contributed by atoms with Crippen molar-refractivity contribution in [1.82, 2.24) is 24.4 Å². The summed E-state index contributed by atoms with van der Waals surface area (Å²) in [5, 5.41) is 11.0. The van der Waals surface area contributed by atoms with Gasteiger partial charge in [0, 0.05) is 31.5 Å². The van der Waals surface area contributed by atoms with Crippen LogP contribution in [-0.4, -0.2) is 48.5 Å². The van der Waals surface area contributed by atoms with Crippen LogP contribution in [0.2, 0.25) is 0 Å². The van der Waals surface area contributed by atoms with Crippen molar-refractivity contribution in [3.63, 3.8) is 0 Å². The molecule has 0 aromatic carbocycles. The zero-order chi connectivity index (χ0) is 19.9. The summed E-state index contributed by atoms with van der Waals surface area (Å²) in [5.41, 5.74) is 2.78. The van der Waals surface area contributed by atoms with E-state index in [1.54, 1.807) is 29.7 Å². The van der Waals surface area contributed by atoms with Gasteiger partial charge >= 0.3 is 0 Å². The van der Waals surface area contributed by atoms with Crippen molar-refractivity contribution in [3.8, 4) is 0 Å². The molecule has 1 amide bonds. The summed E-state index contributed by atoms with van der Waals surface area (Å²) in [6, 6.07) is 5.88. The van der Waals surface area contributed by atoms with Gasteiger partial charge in [0.25, 0.3) is 5.91 Å². The number of fused-ring (bicyclic) bond motifs is 1. The minimum atomic E-state index is -0.983. The normalized spacial score (nSPS) is 16.7. The number of nitrogens with zero attached hydrogens (tertiary/aromatic N) is 5. The number of aryl methyl sites for hydroxylation is 1. The van der Waals surface area contributed by atoms with Crippen LogP contribution in [-0.2, 0) is 5.60 Å². The van der Waals surface area contributed by atoms with E-state index in [0.717, 1.165) is 16.7 Å². The van der Waals surface area contributed by atoms with E-state index in [1.165, 1.54) is 0 Å². The summed E-state index contributed by atoms with van der Waals surface area (Å²) in [5.74, 6) is -0.0765. The van der Waals surface area contributed by atoms with Gasteiger partial charge in [-0.3, -0.25) is 9.78 Å². The lowest BCUT2D eigenvalue weighted by Gasteiger charge is -2.37. The monoisotopic (exact) mass is 379 g/mol. The number of carbonyl (C=O) groups is 1. The maximum absolute atomic E-state index is 12.9. The number of aliphatic hydroxyl groups is 1. The zero-order valence-corrected chi connectivity index (χ0v) is 16.5. The Morgan fingerprint density at radius 1 is 1.14 bits per heavy atom. The summed E-state index contributed by atoms with van der Waals surface area (Å²) in [4.78, 5) is 27.9. The number of pyridine rings is 2. The molecule has 3 aromatic rings. The molecule has 4 heterocycles. The van der Waals surface area contributed by atoms with Crippen LogP contribution in [0.15, 0.2) is 36.9 Å². The largest absolute Gasteiger partial charge is 0.383 e. The van der Waals surface area contributed by atoms with Crippen molar-refractivity contribution in [2.24, 2.45) is 0 Å². The molecule has 0 radical (unpaired) electrons. The van der Waals surface area contributed by atoms with E-state index < -0.39 is 5.60 Å². The fraction of sp³-hybridized carbons (Fsp3) is 0.429. The van der Waals surface area contributed by atoms with E-state index in [4.69, 9.17) is 0 Å². The fourth-order valence-electron chi connectivity index (χ4n) is 3.68. The molecule has 0 unspecified atom stereocenters. The second kappa shape index (κ2) is 6.98. The van der Waals surface area contributed by atoms with Gasteiger partial charge in [-0.2, -0.15) is 0 Å². The molecule has 0 aliphatic carbocycles. The van der Waals surface area contributed by atoms with Crippen molar-refractivity contribution in [2.75, 3.05) is 13.1 Å². The summed E-state index contributed by atoms with van der Waals surface area (Å²) >= 11 is 0. The predicted molar refractivity (Wildman–Crippen MR) is 106 cm³/mol. The van der Waals surface area contributed by atoms with Gasteiger partial charge in [-0.1, -0.05) is 6.07 Å². The SMILES string of the molecule is Cc1ccc(C2(O)CCN(C(=O)c3cnc4c(c3)ncn4C(C)C)CC2)nc1. The fourth-order valence-corrected chi connectivity index (χ4v) is 3.68. The number of aromatic nitrogens is 4. The van der Waals surface area contributed by atoms with Crippen LogP contribution in [0.5, 0.6) is 0 Å². The highest BCUT2D eigenvalue weighted by Gasteiger charge is 2.36. The lowest BCUT2D eigenvalue weighted by Crippen LogP contribution is -2.45. The van der Waals surface area contributed by atoms with Crippen molar-refractivity contribution < 1.29 is 9.90 Å². The van der Waals surface area contributed by atoms with Gasteiger partial charge in [0.05, 0.1) is 17.6 Å². The van der Waals surface area contributed by atoms with Crippen LogP contribution in [0.3, 0.4) is 0 Å². The number of piperidine rings is 1. The highest BCUT2D eigenvalue weighted by atomic mass is 16.3. The number of likely N-dealkylation sites (tertiary alicyclic amines) is 1. The quantitative estimate of drug-likeness (QED) is 0.756. The highest BCUT2D eigenvalue weighted by Crippen LogP contribution is 2.32. The van der Waals surface area contributed by atoms with Crippen molar-refractivity contribution in [3.05, 3.63) is 53.7 Å². The summed E-state index contributed by atoms with van der Waals surface area (Å²) in [6.07, 6.45) is 6.07. The average Bonchev–Trinajstić information content (AvgIpc) is 3.12. The van der Waals surface area contributed by atoms with E-state index in [1.807, 2.05) is 23.6 Å². The van der Waals surface area contributed by atoms with E-state index in [0.29, 0.717) is 37.2 Å². The molecule has 3 aromatic heterocycles. The molecule has 0 atom stereocenters. The van der Waals surface area contributed by atoms with Crippen LogP contribution in [0.1, 0.15) is 54.3 Å². The van der Waals surface area contributed by atoms with Crippen LogP contribution < -0.4 is 0 Å². The summed E-state index contributed by atoms with van der Waals surface area (Å²) < 4.78 is 1.99. The molecule has 7 nitrogen and oxygen atoms in total. The lowest BCUT2D eigenvalue weighted by molar-refractivity contribution is -0.0244. The first-order valence-electron chi connectivity index (χ1n) is 9.65. The van der Waals surface area contributed by atoms with Gasteiger partial charge in [0.1, 0.15) is 11.1 Å². The zero-order valence-electron chi connectivity index (χ0n) is 16.5. The Labute approximate surface area is 164 Å². The van der Waals surface area contributed by atoms with Crippen LogP contribution in [0.25, 0.3) is 11.2 Å². The molecule has 0 bridgehead atoms. The third-order valence-electron chi connectivity index (χ3n) is 5.48. The van der Waals surface area contributed by atoms with Crippen LogP contribution in [0, 0.1) is 6.92 Å². The molecule has 1 aliphatic heterocycles. The lowest BCUT2D eigenvalue weighted by atomic mass is 9.87. The standard InChI is InChI=1S/C21H25N5O2/c1-14(2)26-13-24-17-10-16(12-23-19(17)26)20(27)25-8-6-21(28,7-9-25)18-5-4-15(3)11-22-18/h4-5,10-14,28H,6-9H2,1-3H3. The Balaban J connectivity index is 1.49. The maximum atomic E-state index is 12.9. The Bertz CT molecular complexity index is 1000. The predicted octanol–water partition coefficient (Wildman–Crippen LogP) is 2.84. The molecular formula is C21H25N5O2. The number of imidazole rings is 1. The number of rotatable bonds is 3. The van der Waals surface area contributed by atoms with E-state index in [2.05, 4.69) is 28.8 Å². The first-order valence-corrected chi connectivity index (χ1v) is 9.65. The second-order valence-corrected chi connectivity index (χ2v) is 7.86. The Hall–Kier alpha value is -2.80. The van der Waals surface area contributed by atoms with Crippen molar-refractivity contribution in [1.29, 1.82) is 0 Å². The Morgan fingerprint density at radius 3 is 2.54 bits per heavy atom. The van der Waals surface area contributed by atoms with Gasteiger partial charge in [0.15, 0.2) is 5.65 Å². The smallest absolute Gasteiger partial charge is 0.255 e. The van der Waals surface area contributed by atoms with Gasteiger partial charge in [-0.05, 0) is 51.3 Å². The average molecular weight is 379 g/mol. The summed E-state index contributed by atoms with van der Waals surface area (Å²) in [7, 11) is 0. The first-order chi connectivity index (χ1) is 13.4. The summed E-state index contributed by atoms with van der Waals surface area (Å²) in [6.45, 7) is 7.06. The number of carbonyl (C=O) groups excluding carboxylic acids is 1. The van der Waals surface area contributed by atoms with E-state index in [-0.39, 0.29) is 11.9 Å². The molecular weight excluding hydrogens is 354 g/mol. The molecule has 1 fully saturated rings. The highest BCUT2D eigenvalue weighted by molar-refractivity contribution is 5.96. The maximum Gasteiger partial charge on any atom is 0.255 e. The molecule has 1 N–H and O–H groups in total. The van der Waals surface area contributed by atoms with Crippen LogP contribution >= 0.6 is 0 Å². The first kappa shape index (κ1) is 18.6. The molecule has 4 rings (SSSR count). The van der Waals surface area contributed by atoms with Gasteiger partial charge in [0.2, 0.25) is 0 Å². The molecule has 0 spiro atoms. The third kappa shape index (κ3) is 3.26. The topological polar surface area (TPSA) is 84.1 Å². The Kier molecular flexibility index (Phi) is 4.63. The minimum absolute atomic E-state index is 0.0765. The molecule has 1 aliphatic rings. The van der Waals surface area contributed by atoms with Crippen molar-refractivity contribution in [2.45, 2.75) is 45.3 Å². The van der Waals surface area contributed by atoms with Crippen LogP contribution in [0.4, 0.5) is 0 Å². The number of hydrogen-bond acceptors (Lipinski definition) is 5. The van der Waals surface area contributed by atoms with Gasteiger partial charge in [-0.15, -0.1) is 0 Å². The molecule has 0 saturated carbocycles. The van der Waals surface area contributed by atoms with Crippen molar-refractivity contribution >= 4 is 17.1 Å². The Morgan fingerprint density at radius 2 is 1.89 bits per heavy atom. The van der Waals surface area contributed by atoms with E-state index >= 15 is 0 Å². The van der Waals surface area contributed by atoms with E-state index in [9.17, 15) is 9.90 Å². The number of hydrogen-bond donors (Lipinski definition) is 1. The second-order valence-electron chi connectivity index (χ2n) is 7.86. The molecule has 1 saturated heterocycles. The minimum Gasteiger partial charge on any atom is -0.383 e. The molecule has 7 heteroatoms. The number of amides is 1. The third-order valence-corrected chi connectivity index (χ3v) is 5.48.